The zero-order valence-electron chi connectivity index (χ0n) is 11.2. The van der Waals surface area contributed by atoms with Gasteiger partial charge in [0.25, 0.3) is 0 Å². The molecule has 0 heterocycles. The van der Waals surface area contributed by atoms with Gasteiger partial charge >= 0.3 is 0 Å². The van der Waals surface area contributed by atoms with Crippen LogP contribution in [0.25, 0.3) is 0 Å². The maximum Gasteiger partial charge on any atom is 0.115 e. The Morgan fingerprint density at radius 3 is 2.68 bits per heavy atom. The minimum absolute atomic E-state index is 0.0180. The molecule has 0 amide bonds. The Balaban J connectivity index is 1.59. The zero-order valence-corrected chi connectivity index (χ0v) is 11.2. The van der Waals surface area contributed by atoms with Gasteiger partial charge in [0.05, 0.1) is 6.10 Å². The van der Waals surface area contributed by atoms with Gasteiger partial charge in [0.15, 0.2) is 0 Å². The summed E-state index contributed by atoms with van der Waals surface area (Å²) in [4.78, 5) is 0. The van der Waals surface area contributed by atoms with Crippen molar-refractivity contribution in [3.05, 3.63) is 42.0 Å². The highest BCUT2D eigenvalue weighted by Crippen LogP contribution is 2.43. The number of allylic oxidation sites excluding steroid dienone is 1. The van der Waals surface area contributed by atoms with Crippen LogP contribution in [0.3, 0.4) is 0 Å². The molecule has 0 aliphatic heterocycles. The summed E-state index contributed by atoms with van der Waals surface area (Å²) in [6.07, 6.45) is 6.48. The predicted octanol–water partition coefficient (Wildman–Crippen LogP) is 2.37. The summed E-state index contributed by atoms with van der Waals surface area (Å²) in [5.41, 5.74) is 0.843. The lowest BCUT2D eigenvalue weighted by atomic mass is 9.71. The highest BCUT2D eigenvalue weighted by molar-refractivity contribution is 5.28. The van der Waals surface area contributed by atoms with Crippen LogP contribution in [-0.2, 0) is 0 Å². The highest BCUT2D eigenvalue weighted by atomic mass is 16.3. The van der Waals surface area contributed by atoms with Gasteiger partial charge in [0, 0.05) is 12.1 Å². The molecule has 3 nitrogen and oxygen atoms in total. The molecule has 1 aromatic carbocycles. The Labute approximate surface area is 114 Å². The van der Waals surface area contributed by atoms with Crippen LogP contribution in [-0.4, -0.2) is 22.3 Å². The van der Waals surface area contributed by atoms with Crippen molar-refractivity contribution in [2.24, 2.45) is 11.8 Å². The first-order valence-electron chi connectivity index (χ1n) is 7.05. The van der Waals surface area contributed by atoms with Gasteiger partial charge in [-0.1, -0.05) is 24.3 Å². The SMILES string of the molecule is C[C@@H](N[C@@H]1C[C@H]2CC=C[C@@H]21)[C@@H](O)c1ccc(O)cc1. The molecule has 3 heteroatoms. The Morgan fingerprint density at radius 2 is 2.00 bits per heavy atom. The maximum absolute atomic E-state index is 10.3. The number of hydrogen-bond donors (Lipinski definition) is 3. The molecule has 0 spiro atoms. The first kappa shape index (κ1) is 12.7. The van der Waals surface area contributed by atoms with Gasteiger partial charge in [-0.25, -0.2) is 0 Å². The van der Waals surface area contributed by atoms with E-state index in [9.17, 15) is 10.2 Å². The van der Waals surface area contributed by atoms with Crippen LogP contribution in [0.5, 0.6) is 5.75 Å². The fourth-order valence-corrected chi connectivity index (χ4v) is 3.30. The Kier molecular flexibility index (Phi) is 3.33. The van der Waals surface area contributed by atoms with Crippen molar-refractivity contribution in [2.45, 2.75) is 38.0 Å². The fraction of sp³-hybridized carbons (Fsp3) is 0.500. The second-order valence-electron chi connectivity index (χ2n) is 5.84. The van der Waals surface area contributed by atoms with Crippen molar-refractivity contribution in [3.8, 4) is 5.75 Å². The smallest absolute Gasteiger partial charge is 0.115 e. The zero-order chi connectivity index (χ0) is 13.4. The third-order valence-electron chi connectivity index (χ3n) is 4.55. The summed E-state index contributed by atoms with van der Waals surface area (Å²) in [5.74, 6) is 1.72. The van der Waals surface area contributed by atoms with E-state index in [4.69, 9.17) is 0 Å². The molecule has 1 fully saturated rings. The highest BCUT2D eigenvalue weighted by Gasteiger charge is 2.41. The number of benzene rings is 1. The van der Waals surface area contributed by atoms with E-state index in [0.717, 1.165) is 11.5 Å². The molecule has 102 valence electrons. The number of fused-ring (bicyclic) bond motifs is 1. The second-order valence-corrected chi connectivity index (χ2v) is 5.84. The Morgan fingerprint density at radius 1 is 1.26 bits per heavy atom. The van der Waals surface area contributed by atoms with E-state index in [-0.39, 0.29) is 11.8 Å². The van der Waals surface area contributed by atoms with Crippen molar-refractivity contribution < 1.29 is 10.2 Å². The maximum atomic E-state index is 10.3. The first-order chi connectivity index (χ1) is 9.15. The monoisotopic (exact) mass is 259 g/mol. The summed E-state index contributed by atoms with van der Waals surface area (Å²) >= 11 is 0. The second kappa shape index (κ2) is 4.99. The molecule has 5 atom stereocenters. The quantitative estimate of drug-likeness (QED) is 0.728. The predicted molar refractivity (Wildman–Crippen MR) is 74.8 cm³/mol. The number of phenolic OH excluding ortho intramolecular Hbond substituents is 1. The van der Waals surface area contributed by atoms with Crippen LogP contribution in [0, 0.1) is 11.8 Å². The number of aromatic hydroxyl groups is 1. The minimum Gasteiger partial charge on any atom is -0.508 e. The molecule has 1 aromatic rings. The molecule has 0 saturated heterocycles. The van der Waals surface area contributed by atoms with Gasteiger partial charge in [-0.2, -0.15) is 0 Å². The molecule has 3 rings (SSSR count). The molecule has 0 bridgehead atoms. The van der Waals surface area contributed by atoms with Crippen LogP contribution in [0.2, 0.25) is 0 Å². The van der Waals surface area contributed by atoms with E-state index in [0.29, 0.717) is 12.0 Å². The molecule has 0 unspecified atom stereocenters. The lowest BCUT2D eigenvalue weighted by molar-refractivity contribution is 0.0891. The van der Waals surface area contributed by atoms with Crippen LogP contribution >= 0.6 is 0 Å². The summed E-state index contributed by atoms with van der Waals surface area (Å²) in [6, 6.07) is 7.30. The lowest BCUT2D eigenvalue weighted by Gasteiger charge is -2.43. The topological polar surface area (TPSA) is 52.5 Å². The Bertz CT molecular complexity index is 468. The minimum atomic E-state index is -0.537. The molecular formula is C16H21NO2. The van der Waals surface area contributed by atoms with Crippen molar-refractivity contribution in [1.82, 2.24) is 5.32 Å². The Hall–Kier alpha value is -1.32. The number of phenols is 1. The van der Waals surface area contributed by atoms with Crippen molar-refractivity contribution >= 4 is 0 Å². The fourth-order valence-electron chi connectivity index (χ4n) is 3.30. The van der Waals surface area contributed by atoms with Crippen LogP contribution in [0.15, 0.2) is 36.4 Å². The standard InChI is InChI=1S/C16H21NO2/c1-10(16(19)11-5-7-13(18)8-6-11)17-15-9-12-3-2-4-14(12)15/h2,4-8,10,12,14-19H,3,9H2,1H3/t10-,12-,14+,15-,16-/m1/s1. The van der Waals surface area contributed by atoms with Crippen LogP contribution in [0.4, 0.5) is 0 Å². The molecule has 2 aliphatic rings. The average Bonchev–Trinajstić information content (AvgIpc) is 2.77. The van der Waals surface area contributed by atoms with Gasteiger partial charge in [0.1, 0.15) is 5.75 Å². The molecule has 0 radical (unpaired) electrons. The van der Waals surface area contributed by atoms with Gasteiger partial charge in [-0.15, -0.1) is 0 Å². The molecule has 2 aliphatic carbocycles. The number of hydrogen-bond acceptors (Lipinski definition) is 3. The largest absolute Gasteiger partial charge is 0.508 e. The van der Waals surface area contributed by atoms with Gasteiger partial charge in [0.2, 0.25) is 0 Å². The summed E-state index contributed by atoms with van der Waals surface area (Å²) in [7, 11) is 0. The van der Waals surface area contributed by atoms with Crippen molar-refractivity contribution in [3.63, 3.8) is 0 Å². The lowest BCUT2D eigenvalue weighted by Crippen LogP contribution is -2.52. The van der Waals surface area contributed by atoms with Gasteiger partial charge in [-0.3, -0.25) is 0 Å². The van der Waals surface area contributed by atoms with E-state index < -0.39 is 6.10 Å². The normalized spacial score (nSPS) is 31.6. The molecular weight excluding hydrogens is 238 g/mol. The van der Waals surface area contributed by atoms with Crippen LogP contribution in [0.1, 0.15) is 31.4 Å². The number of aliphatic hydroxyl groups is 1. The number of aliphatic hydroxyl groups excluding tert-OH is 1. The third-order valence-corrected chi connectivity index (χ3v) is 4.55. The van der Waals surface area contributed by atoms with Crippen molar-refractivity contribution in [1.29, 1.82) is 0 Å². The van der Waals surface area contributed by atoms with Crippen LogP contribution < -0.4 is 5.32 Å². The number of rotatable bonds is 4. The van der Waals surface area contributed by atoms with E-state index in [1.807, 2.05) is 6.92 Å². The molecule has 3 N–H and O–H groups in total. The molecule has 19 heavy (non-hydrogen) atoms. The van der Waals surface area contributed by atoms with E-state index in [2.05, 4.69) is 17.5 Å². The first-order valence-corrected chi connectivity index (χ1v) is 7.05. The van der Waals surface area contributed by atoms with Crippen molar-refractivity contribution in [2.75, 3.05) is 0 Å². The average molecular weight is 259 g/mol. The molecule has 1 saturated carbocycles. The van der Waals surface area contributed by atoms with E-state index >= 15 is 0 Å². The van der Waals surface area contributed by atoms with E-state index in [1.54, 1.807) is 24.3 Å². The van der Waals surface area contributed by atoms with Gasteiger partial charge in [-0.05, 0) is 49.3 Å². The summed E-state index contributed by atoms with van der Waals surface area (Å²) in [6.45, 7) is 2.02. The molecule has 0 aromatic heterocycles. The van der Waals surface area contributed by atoms with E-state index in [1.165, 1.54) is 12.8 Å². The van der Waals surface area contributed by atoms with Gasteiger partial charge < -0.3 is 15.5 Å². The summed E-state index contributed by atoms with van der Waals surface area (Å²) in [5, 5.41) is 23.1. The number of nitrogens with one attached hydrogen (secondary N) is 1. The third kappa shape index (κ3) is 2.40. The summed E-state index contributed by atoms with van der Waals surface area (Å²) < 4.78 is 0.